The van der Waals surface area contributed by atoms with Gasteiger partial charge in [0, 0.05) is 36.7 Å². The Morgan fingerprint density at radius 1 is 1.04 bits per heavy atom. The number of Topliss-reactive ketones (excluding diaryl/α,β-unsaturated/α-hetero) is 1. The van der Waals surface area contributed by atoms with Gasteiger partial charge in [-0.05, 0) is 31.9 Å². The number of carbonyl (C=O) groups is 2. The maximum atomic E-state index is 12.5. The van der Waals surface area contributed by atoms with Crippen molar-refractivity contribution in [1.29, 1.82) is 0 Å². The number of hydrogen-bond donors (Lipinski definition) is 1. The SMILES string of the molecule is CCCN(CCC)C(=O)c1cnc(Nc2cccc(C(C)=O)c2)nc1. The van der Waals surface area contributed by atoms with E-state index >= 15 is 0 Å². The number of nitrogens with one attached hydrogen (secondary N) is 1. The molecule has 0 saturated carbocycles. The first-order valence-corrected chi connectivity index (χ1v) is 8.54. The van der Waals surface area contributed by atoms with Gasteiger partial charge in [-0.15, -0.1) is 0 Å². The third-order valence-electron chi connectivity index (χ3n) is 3.70. The lowest BCUT2D eigenvalue weighted by atomic mass is 10.1. The van der Waals surface area contributed by atoms with E-state index in [1.807, 2.05) is 11.0 Å². The van der Waals surface area contributed by atoms with Crippen LogP contribution in [-0.4, -0.2) is 39.6 Å². The molecule has 0 saturated heterocycles. The zero-order chi connectivity index (χ0) is 18.2. The second-order valence-corrected chi connectivity index (χ2v) is 5.85. The van der Waals surface area contributed by atoms with Crippen LogP contribution in [0.15, 0.2) is 36.7 Å². The molecule has 1 N–H and O–H groups in total. The molecule has 25 heavy (non-hydrogen) atoms. The fourth-order valence-electron chi connectivity index (χ4n) is 2.49. The van der Waals surface area contributed by atoms with Crippen molar-refractivity contribution < 1.29 is 9.59 Å². The molecule has 0 radical (unpaired) electrons. The number of ketones is 1. The molecule has 0 aliphatic carbocycles. The van der Waals surface area contributed by atoms with E-state index in [-0.39, 0.29) is 11.7 Å². The van der Waals surface area contributed by atoms with Crippen molar-refractivity contribution in [2.75, 3.05) is 18.4 Å². The van der Waals surface area contributed by atoms with Gasteiger partial charge < -0.3 is 10.2 Å². The summed E-state index contributed by atoms with van der Waals surface area (Å²) in [7, 11) is 0. The van der Waals surface area contributed by atoms with Crippen LogP contribution in [0.5, 0.6) is 0 Å². The number of rotatable bonds is 8. The summed E-state index contributed by atoms with van der Waals surface area (Å²) < 4.78 is 0. The summed E-state index contributed by atoms with van der Waals surface area (Å²) in [5.41, 5.74) is 1.82. The van der Waals surface area contributed by atoms with Gasteiger partial charge in [0.25, 0.3) is 5.91 Å². The van der Waals surface area contributed by atoms with Crippen LogP contribution in [0.1, 0.15) is 54.3 Å². The van der Waals surface area contributed by atoms with E-state index in [1.54, 1.807) is 18.2 Å². The molecule has 1 aromatic heterocycles. The number of anilines is 2. The predicted octanol–water partition coefficient (Wildman–Crippen LogP) is 3.69. The summed E-state index contributed by atoms with van der Waals surface area (Å²) in [6.45, 7) is 7.08. The summed E-state index contributed by atoms with van der Waals surface area (Å²) in [5, 5.41) is 3.05. The van der Waals surface area contributed by atoms with Crippen LogP contribution in [0.3, 0.4) is 0 Å². The van der Waals surface area contributed by atoms with Gasteiger partial charge in [-0.3, -0.25) is 9.59 Å². The zero-order valence-electron chi connectivity index (χ0n) is 15.0. The molecule has 1 heterocycles. The number of nitrogens with zero attached hydrogens (tertiary/aromatic N) is 3. The van der Waals surface area contributed by atoms with Crippen LogP contribution in [-0.2, 0) is 0 Å². The van der Waals surface area contributed by atoms with Crippen LogP contribution in [0.4, 0.5) is 11.6 Å². The van der Waals surface area contributed by atoms with Gasteiger partial charge in [0.2, 0.25) is 5.95 Å². The number of amides is 1. The topological polar surface area (TPSA) is 75.2 Å². The highest BCUT2D eigenvalue weighted by atomic mass is 16.2. The van der Waals surface area contributed by atoms with Crippen molar-refractivity contribution in [3.8, 4) is 0 Å². The van der Waals surface area contributed by atoms with Gasteiger partial charge in [-0.25, -0.2) is 9.97 Å². The Labute approximate surface area is 148 Å². The molecule has 0 atom stereocenters. The van der Waals surface area contributed by atoms with Gasteiger partial charge in [-0.1, -0.05) is 26.0 Å². The fourth-order valence-corrected chi connectivity index (χ4v) is 2.49. The number of benzene rings is 1. The molecule has 6 heteroatoms. The maximum Gasteiger partial charge on any atom is 0.256 e. The quantitative estimate of drug-likeness (QED) is 0.742. The largest absolute Gasteiger partial charge is 0.339 e. The van der Waals surface area contributed by atoms with E-state index in [2.05, 4.69) is 29.1 Å². The first-order valence-electron chi connectivity index (χ1n) is 8.54. The van der Waals surface area contributed by atoms with Gasteiger partial charge in [-0.2, -0.15) is 0 Å². The van der Waals surface area contributed by atoms with Gasteiger partial charge in [0.1, 0.15) is 0 Å². The average Bonchev–Trinajstić information content (AvgIpc) is 2.62. The first-order chi connectivity index (χ1) is 12.0. The molecule has 2 rings (SSSR count). The second-order valence-electron chi connectivity index (χ2n) is 5.85. The van der Waals surface area contributed by atoms with Crippen LogP contribution >= 0.6 is 0 Å². The highest BCUT2D eigenvalue weighted by molar-refractivity contribution is 5.95. The van der Waals surface area contributed by atoms with E-state index in [0.29, 0.717) is 17.1 Å². The lowest BCUT2D eigenvalue weighted by Crippen LogP contribution is -2.32. The average molecular weight is 340 g/mol. The molecule has 2 aromatic rings. The molecule has 1 amide bonds. The lowest BCUT2D eigenvalue weighted by molar-refractivity contribution is 0.0754. The summed E-state index contributed by atoms with van der Waals surface area (Å²) in [4.78, 5) is 34.2. The molecule has 0 spiro atoms. The number of carbonyl (C=O) groups excluding carboxylic acids is 2. The molecular formula is C19H24N4O2. The molecule has 0 unspecified atom stereocenters. The smallest absolute Gasteiger partial charge is 0.256 e. The number of hydrogen-bond acceptors (Lipinski definition) is 5. The summed E-state index contributed by atoms with van der Waals surface area (Å²) in [5.74, 6) is 0.334. The highest BCUT2D eigenvalue weighted by Gasteiger charge is 2.15. The minimum absolute atomic E-state index is 0.00236. The van der Waals surface area contributed by atoms with Gasteiger partial charge >= 0.3 is 0 Å². The van der Waals surface area contributed by atoms with Crippen LogP contribution in [0, 0.1) is 0 Å². The lowest BCUT2D eigenvalue weighted by Gasteiger charge is -2.21. The Balaban J connectivity index is 2.10. The van der Waals surface area contributed by atoms with E-state index in [0.717, 1.165) is 31.6 Å². The Morgan fingerprint density at radius 3 is 2.24 bits per heavy atom. The predicted molar refractivity (Wildman–Crippen MR) is 98.2 cm³/mol. The number of aromatic nitrogens is 2. The van der Waals surface area contributed by atoms with Crippen molar-refractivity contribution in [3.63, 3.8) is 0 Å². The standard InChI is InChI=1S/C19H24N4O2/c1-4-9-23(10-5-2)18(25)16-12-20-19(21-13-16)22-17-8-6-7-15(11-17)14(3)24/h6-8,11-13H,4-5,9-10H2,1-3H3,(H,20,21,22). The molecule has 1 aromatic carbocycles. The van der Waals surface area contributed by atoms with Crippen molar-refractivity contribution in [2.24, 2.45) is 0 Å². The minimum Gasteiger partial charge on any atom is -0.339 e. The van der Waals surface area contributed by atoms with E-state index in [1.165, 1.54) is 19.3 Å². The third-order valence-corrected chi connectivity index (χ3v) is 3.70. The minimum atomic E-state index is -0.0474. The maximum absolute atomic E-state index is 12.5. The molecular weight excluding hydrogens is 316 g/mol. The Hall–Kier alpha value is -2.76. The third kappa shape index (κ3) is 5.11. The van der Waals surface area contributed by atoms with Crippen molar-refractivity contribution in [1.82, 2.24) is 14.9 Å². The summed E-state index contributed by atoms with van der Waals surface area (Å²) >= 11 is 0. The van der Waals surface area contributed by atoms with Crippen molar-refractivity contribution in [3.05, 3.63) is 47.8 Å². The van der Waals surface area contributed by atoms with Crippen LogP contribution in [0.2, 0.25) is 0 Å². The second kappa shape index (κ2) is 8.92. The summed E-state index contributed by atoms with van der Waals surface area (Å²) in [6.07, 6.45) is 4.90. The molecule has 132 valence electrons. The van der Waals surface area contributed by atoms with Crippen LogP contribution < -0.4 is 5.32 Å². The Morgan fingerprint density at radius 2 is 1.68 bits per heavy atom. The monoisotopic (exact) mass is 340 g/mol. The Kier molecular flexibility index (Phi) is 6.62. The molecule has 0 aliphatic rings. The van der Waals surface area contributed by atoms with E-state index in [9.17, 15) is 9.59 Å². The normalized spacial score (nSPS) is 10.4. The fraction of sp³-hybridized carbons (Fsp3) is 0.368. The molecule has 0 fully saturated rings. The van der Waals surface area contributed by atoms with Crippen molar-refractivity contribution >= 4 is 23.3 Å². The van der Waals surface area contributed by atoms with Gasteiger partial charge in [0.15, 0.2) is 5.78 Å². The van der Waals surface area contributed by atoms with Gasteiger partial charge in [0.05, 0.1) is 5.56 Å². The van der Waals surface area contributed by atoms with E-state index in [4.69, 9.17) is 0 Å². The summed E-state index contributed by atoms with van der Waals surface area (Å²) in [6, 6.07) is 7.13. The zero-order valence-corrected chi connectivity index (χ0v) is 15.0. The first kappa shape index (κ1) is 18.6. The highest BCUT2D eigenvalue weighted by Crippen LogP contribution is 2.15. The Bertz CT molecular complexity index is 722. The van der Waals surface area contributed by atoms with E-state index < -0.39 is 0 Å². The molecule has 6 nitrogen and oxygen atoms in total. The van der Waals surface area contributed by atoms with Crippen molar-refractivity contribution in [2.45, 2.75) is 33.6 Å². The molecule has 0 bridgehead atoms. The van der Waals surface area contributed by atoms with Crippen LogP contribution in [0.25, 0.3) is 0 Å². The molecule has 0 aliphatic heterocycles.